The molecule has 2 N–H and O–H groups in total. The Kier molecular flexibility index (Phi) is 4.09. The van der Waals surface area contributed by atoms with E-state index >= 15 is 0 Å². The summed E-state index contributed by atoms with van der Waals surface area (Å²) in [5, 5.41) is 0. The molecule has 0 saturated carbocycles. The molecule has 106 valence electrons. The SMILES string of the molecule is CC(CN)(Cc1cccnc1)c1c(F)cc(F)cc1F. The van der Waals surface area contributed by atoms with Crippen molar-refractivity contribution in [3.63, 3.8) is 0 Å². The van der Waals surface area contributed by atoms with Crippen molar-refractivity contribution >= 4 is 0 Å². The summed E-state index contributed by atoms with van der Waals surface area (Å²) in [6.07, 6.45) is 3.55. The van der Waals surface area contributed by atoms with Crippen molar-refractivity contribution in [2.75, 3.05) is 6.54 Å². The van der Waals surface area contributed by atoms with Gasteiger partial charge in [-0.2, -0.15) is 0 Å². The van der Waals surface area contributed by atoms with Gasteiger partial charge in [-0.3, -0.25) is 4.98 Å². The van der Waals surface area contributed by atoms with E-state index in [9.17, 15) is 13.2 Å². The molecule has 0 aliphatic rings. The Morgan fingerprint density at radius 2 is 1.85 bits per heavy atom. The lowest BCUT2D eigenvalue weighted by atomic mass is 9.77. The van der Waals surface area contributed by atoms with Gasteiger partial charge in [0.15, 0.2) is 0 Å². The summed E-state index contributed by atoms with van der Waals surface area (Å²) in [6, 6.07) is 4.90. The molecule has 0 spiro atoms. The van der Waals surface area contributed by atoms with Gasteiger partial charge in [0.1, 0.15) is 17.5 Å². The number of hydrogen-bond acceptors (Lipinski definition) is 2. The quantitative estimate of drug-likeness (QED) is 0.935. The lowest BCUT2D eigenvalue weighted by Gasteiger charge is -2.29. The summed E-state index contributed by atoms with van der Waals surface area (Å²) in [6.45, 7) is 1.68. The van der Waals surface area contributed by atoms with E-state index < -0.39 is 22.9 Å². The van der Waals surface area contributed by atoms with Gasteiger partial charge in [0, 0.05) is 42.0 Å². The summed E-state index contributed by atoms with van der Waals surface area (Å²) in [5.41, 5.74) is 5.37. The fourth-order valence-corrected chi connectivity index (χ4v) is 2.33. The lowest BCUT2D eigenvalue weighted by Crippen LogP contribution is -2.36. The molecule has 0 bridgehead atoms. The predicted molar refractivity (Wildman–Crippen MR) is 70.7 cm³/mol. The molecule has 2 rings (SSSR count). The van der Waals surface area contributed by atoms with Crippen LogP contribution in [0.1, 0.15) is 18.1 Å². The lowest BCUT2D eigenvalue weighted by molar-refractivity contribution is 0.413. The molecule has 0 amide bonds. The maximum Gasteiger partial charge on any atom is 0.132 e. The average molecular weight is 280 g/mol. The first-order chi connectivity index (χ1) is 9.46. The third kappa shape index (κ3) is 2.82. The largest absolute Gasteiger partial charge is 0.330 e. The van der Waals surface area contributed by atoms with Crippen LogP contribution >= 0.6 is 0 Å². The predicted octanol–water partition coefficient (Wildman–Crippen LogP) is 2.96. The number of pyridine rings is 1. The third-order valence-electron chi connectivity index (χ3n) is 3.38. The molecular weight excluding hydrogens is 265 g/mol. The molecule has 0 aliphatic heterocycles. The normalized spacial score (nSPS) is 14.1. The van der Waals surface area contributed by atoms with Gasteiger partial charge in [-0.1, -0.05) is 13.0 Å². The summed E-state index contributed by atoms with van der Waals surface area (Å²) >= 11 is 0. The van der Waals surface area contributed by atoms with Crippen LogP contribution < -0.4 is 5.73 Å². The van der Waals surface area contributed by atoms with Gasteiger partial charge in [-0.05, 0) is 18.1 Å². The van der Waals surface area contributed by atoms with Gasteiger partial charge in [0.25, 0.3) is 0 Å². The standard InChI is InChI=1S/C15H15F3N2/c1-15(9-19,7-10-3-2-4-20-8-10)14-12(17)5-11(16)6-13(14)18/h2-6,8H,7,9,19H2,1H3. The highest BCUT2D eigenvalue weighted by Crippen LogP contribution is 2.31. The topological polar surface area (TPSA) is 38.9 Å². The molecule has 5 heteroatoms. The number of nitrogens with zero attached hydrogens (tertiary/aromatic N) is 1. The van der Waals surface area contributed by atoms with Crippen LogP contribution in [-0.2, 0) is 11.8 Å². The number of halogens is 3. The van der Waals surface area contributed by atoms with Crippen molar-refractivity contribution in [3.8, 4) is 0 Å². The number of hydrogen-bond donors (Lipinski definition) is 1. The van der Waals surface area contributed by atoms with Gasteiger partial charge in [0.05, 0.1) is 0 Å². The molecular formula is C15H15F3N2. The Labute approximate surface area is 115 Å². The minimum absolute atomic E-state index is 0.0291. The first-order valence-corrected chi connectivity index (χ1v) is 6.20. The zero-order valence-electron chi connectivity index (χ0n) is 11.0. The molecule has 0 radical (unpaired) electrons. The van der Waals surface area contributed by atoms with E-state index in [1.54, 1.807) is 31.5 Å². The van der Waals surface area contributed by atoms with Gasteiger partial charge >= 0.3 is 0 Å². The molecule has 1 heterocycles. The molecule has 0 fully saturated rings. The van der Waals surface area contributed by atoms with Gasteiger partial charge < -0.3 is 5.73 Å². The van der Waals surface area contributed by atoms with Crippen LogP contribution in [0, 0.1) is 17.5 Å². The van der Waals surface area contributed by atoms with Crippen molar-refractivity contribution < 1.29 is 13.2 Å². The van der Waals surface area contributed by atoms with Gasteiger partial charge in [0.2, 0.25) is 0 Å². The zero-order valence-corrected chi connectivity index (χ0v) is 11.0. The maximum absolute atomic E-state index is 13.9. The van der Waals surface area contributed by atoms with Crippen molar-refractivity contribution in [1.82, 2.24) is 4.98 Å². The number of aromatic nitrogens is 1. The maximum atomic E-state index is 13.9. The number of rotatable bonds is 4. The van der Waals surface area contributed by atoms with E-state index in [1.165, 1.54) is 0 Å². The van der Waals surface area contributed by atoms with E-state index in [2.05, 4.69) is 4.98 Å². The van der Waals surface area contributed by atoms with E-state index in [1.807, 2.05) is 0 Å². The third-order valence-corrected chi connectivity index (χ3v) is 3.38. The summed E-state index contributed by atoms with van der Waals surface area (Å²) in [4.78, 5) is 3.97. The second-order valence-electron chi connectivity index (χ2n) is 5.05. The van der Waals surface area contributed by atoms with E-state index in [0.717, 1.165) is 5.56 Å². The Bertz CT molecular complexity index is 578. The molecule has 0 aliphatic carbocycles. The van der Waals surface area contributed by atoms with E-state index in [0.29, 0.717) is 18.6 Å². The van der Waals surface area contributed by atoms with Crippen molar-refractivity contribution in [2.45, 2.75) is 18.8 Å². The average Bonchev–Trinajstić information content (AvgIpc) is 2.38. The molecule has 1 aromatic heterocycles. The van der Waals surface area contributed by atoms with E-state index in [-0.39, 0.29) is 12.1 Å². The molecule has 2 nitrogen and oxygen atoms in total. The van der Waals surface area contributed by atoms with Crippen molar-refractivity contribution in [1.29, 1.82) is 0 Å². The Balaban J connectivity index is 2.46. The summed E-state index contributed by atoms with van der Waals surface area (Å²) in [7, 11) is 0. The highest BCUT2D eigenvalue weighted by Gasteiger charge is 2.32. The summed E-state index contributed by atoms with van der Waals surface area (Å²) < 4.78 is 40.9. The Hall–Kier alpha value is -1.88. The minimum Gasteiger partial charge on any atom is -0.330 e. The van der Waals surface area contributed by atoms with Crippen LogP contribution in [0.4, 0.5) is 13.2 Å². The fourth-order valence-electron chi connectivity index (χ4n) is 2.33. The van der Waals surface area contributed by atoms with Crippen LogP contribution in [0.3, 0.4) is 0 Å². The van der Waals surface area contributed by atoms with Crippen molar-refractivity contribution in [2.24, 2.45) is 5.73 Å². The van der Waals surface area contributed by atoms with Gasteiger partial charge in [-0.25, -0.2) is 13.2 Å². The molecule has 1 unspecified atom stereocenters. The van der Waals surface area contributed by atoms with Crippen molar-refractivity contribution in [3.05, 3.63) is 65.2 Å². The van der Waals surface area contributed by atoms with Crippen LogP contribution in [0.25, 0.3) is 0 Å². The second-order valence-corrected chi connectivity index (χ2v) is 5.05. The Morgan fingerprint density at radius 3 is 2.35 bits per heavy atom. The van der Waals surface area contributed by atoms with Gasteiger partial charge in [-0.15, -0.1) is 0 Å². The second kappa shape index (κ2) is 5.63. The molecule has 1 aromatic carbocycles. The number of benzene rings is 1. The molecule has 20 heavy (non-hydrogen) atoms. The smallest absolute Gasteiger partial charge is 0.132 e. The van der Waals surface area contributed by atoms with Crippen LogP contribution in [0.2, 0.25) is 0 Å². The zero-order chi connectivity index (χ0) is 14.8. The molecule has 2 aromatic rings. The highest BCUT2D eigenvalue weighted by atomic mass is 19.1. The fraction of sp³-hybridized carbons (Fsp3) is 0.267. The Morgan fingerprint density at radius 1 is 1.20 bits per heavy atom. The van der Waals surface area contributed by atoms with Crippen LogP contribution in [-0.4, -0.2) is 11.5 Å². The highest BCUT2D eigenvalue weighted by molar-refractivity contribution is 5.32. The minimum atomic E-state index is -0.967. The van der Waals surface area contributed by atoms with Crippen LogP contribution in [0.5, 0.6) is 0 Å². The monoisotopic (exact) mass is 280 g/mol. The van der Waals surface area contributed by atoms with E-state index in [4.69, 9.17) is 5.73 Å². The first kappa shape index (κ1) is 14.5. The first-order valence-electron chi connectivity index (χ1n) is 6.20. The number of nitrogens with two attached hydrogens (primary N) is 1. The van der Waals surface area contributed by atoms with Crippen LogP contribution in [0.15, 0.2) is 36.7 Å². The molecule has 1 atom stereocenters. The summed E-state index contributed by atoms with van der Waals surface area (Å²) in [5.74, 6) is -2.77. The molecule has 0 saturated heterocycles.